The molecule has 0 amide bonds. The Labute approximate surface area is 129 Å². The molecule has 20 heavy (non-hydrogen) atoms. The maximum absolute atomic E-state index is 11.9. The van der Waals surface area contributed by atoms with Gasteiger partial charge < -0.3 is 26.0 Å². The quantitative estimate of drug-likeness (QED) is 0.510. The summed E-state index contributed by atoms with van der Waals surface area (Å²) in [5.74, 6) is 0. The van der Waals surface area contributed by atoms with Crippen LogP contribution in [-0.4, -0.2) is 25.5 Å². The fraction of sp³-hybridized carbons (Fsp3) is 0.385. The summed E-state index contributed by atoms with van der Waals surface area (Å²) in [5, 5.41) is 5.60. The number of nitrogens with zero attached hydrogens (tertiary/aromatic N) is 2. The van der Waals surface area contributed by atoms with Crippen LogP contribution < -0.4 is 21.7 Å². The Morgan fingerprint density at radius 2 is 1.90 bits per heavy atom. The van der Waals surface area contributed by atoms with Crippen molar-refractivity contribution in [3.8, 4) is 0 Å². The second-order valence-corrected chi connectivity index (χ2v) is 6.59. The molecule has 0 radical (unpaired) electrons. The van der Waals surface area contributed by atoms with Gasteiger partial charge in [0.1, 0.15) is 5.52 Å². The van der Waals surface area contributed by atoms with Crippen LogP contribution in [0.3, 0.4) is 0 Å². The minimum atomic E-state index is -2.91. The van der Waals surface area contributed by atoms with Crippen molar-refractivity contribution < 1.29 is 35.3 Å². The minimum absolute atomic E-state index is 0. The van der Waals surface area contributed by atoms with E-state index in [4.69, 9.17) is 9.05 Å². The van der Waals surface area contributed by atoms with Crippen molar-refractivity contribution in [2.24, 2.45) is 0 Å². The first kappa shape index (κ1) is 17.2. The highest BCUT2D eigenvalue weighted by atomic mass is 79.9. The molecule has 0 saturated carbocycles. The van der Waals surface area contributed by atoms with Crippen molar-refractivity contribution in [2.45, 2.75) is 13.0 Å². The normalized spacial score (nSPS) is 11.3. The van der Waals surface area contributed by atoms with Gasteiger partial charge in [0.15, 0.2) is 12.7 Å². The van der Waals surface area contributed by atoms with Crippen LogP contribution in [0.4, 0.5) is 0 Å². The first-order valence-electron chi connectivity index (χ1n) is 6.13. The van der Waals surface area contributed by atoms with Gasteiger partial charge in [-0.05, 0) is 6.07 Å². The molecule has 2 aromatic rings. The smallest absolute Gasteiger partial charge is 0.330 e. The van der Waals surface area contributed by atoms with Gasteiger partial charge >= 0.3 is 7.60 Å². The average Bonchev–Trinajstić information content (AvgIpc) is 2.47. The lowest BCUT2D eigenvalue weighted by Crippen LogP contribution is -3.00. The molecule has 1 aromatic carbocycles. The molecule has 0 aliphatic carbocycles. The molecule has 0 saturated heterocycles. The lowest BCUT2D eigenvalue weighted by atomic mass is 10.2. The zero-order valence-electron chi connectivity index (χ0n) is 11.5. The van der Waals surface area contributed by atoms with E-state index in [1.807, 2.05) is 41.2 Å². The van der Waals surface area contributed by atoms with Crippen molar-refractivity contribution in [1.29, 1.82) is 0 Å². The van der Waals surface area contributed by atoms with Crippen molar-refractivity contribution in [1.82, 2.24) is 5.10 Å². The molecule has 0 aliphatic heterocycles. The summed E-state index contributed by atoms with van der Waals surface area (Å²) >= 11 is 0. The second-order valence-electron chi connectivity index (χ2n) is 4.19. The van der Waals surface area contributed by atoms with Crippen molar-refractivity contribution in [3.05, 3.63) is 36.5 Å². The molecule has 0 aliphatic rings. The van der Waals surface area contributed by atoms with Crippen LogP contribution in [0.1, 0.15) is 6.42 Å². The van der Waals surface area contributed by atoms with Gasteiger partial charge in [0.25, 0.3) is 0 Å². The number of rotatable bonds is 6. The summed E-state index contributed by atoms with van der Waals surface area (Å²) in [7, 11) is -0.0904. The molecule has 0 unspecified atom stereocenters. The molecule has 110 valence electrons. The average molecular weight is 361 g/mol. The first-order valence-corrected chi connectivity index (χ1v) is 7.86. The number of hydrogen-bond donors (Lipinski definition) is 0. The number of aromatic nitrogens is 2. The topological polar surface area (TPSA) is 52.3 Å². The molecule has 0 fully saturated rings. The highest BCUT2D eigenvalue weighted by Crippen LogP contribution is 2.46. The predicted octanol–water partition coefficient (Wildman–Crippen LogP) is -0.598. The molecule has 0 bridgehead atoms. The standard InChI is InChI=1S/C13H18N2O3P.BrH/c1-17-19(16,18-2)11-5-9-15-10-8-12-6-3-4-7-13(12)14-15;/h3-4,6-8,10H,5,9,11H2,1-2H3;1H/q+1;/p-1. The van der Waals surface area contributed by atoms with E-state index in [-0.39, 0.29) is 17.0 Å². The van der Waals surface area contributed by atoms with E-state index < -0.39 is 7.60 Å². The molecule has 2 rings (SSSR count). The molecule has 1 aromatic heterocycles. The molecule has 0 spiro atoms. The third-order valence-electron chi connectivity index (χ3n) is 2.97. The van der Waals surface area contributed by atoms with Gasteiger partial charge in [-0.1, -0.05) is 22.9 Å². The Morgan fingerprint density at radius 1 is 1.20 bits per heavy atom. The summed E-state index contributed by atoms with van der Waals surface area (Å²) in [6.45, 7) is 0.682. The van der Waals surface area contributed by atoms with Crippen LogP contribution >= 0.6 is 7.60 Å². The maximum atomic E-state index is 11.9. The Kier molecular flexibility index (Phi) is 6.76. The van der Waals surface area contributed by atoms with Crippen molar-refractivity contribution in [2.75, 3.05) is 20.4 Å². The van der Waals surface area contributed by atoms with E-state index in [0.717, 1.165) is 10.9 Å². The second kappa shape index (κ2) is 7.84. The van der Waals surface area contributed by atoms with Gasteiger partial charge in [-0.25, -0.2) is 0 Å². The van der Waals surface area contributed by atoms with E-state index in [9.17, 15) is 4.57 Å². The SMILES string of the molecule is COP(=O)(CCC[n+]1ccc2ccccc2n1)OC.[Br-]. The lowest BCUT2D eigenvalue weighted by Gasteiger charge is -2.11. The number of halogens is 1. The molecular formula is C13H18BrN2O3P. The molecule has 0 atom stereocenters. The Hall–Kier alpha value is -0.810. The van der Waals surface area contributed by atoms with Crippen molar-refractivity contribution >= 4 is 18.5 Å². The largest absolute Gasteiger partial charge is 1.00 e. The fourth-order valence-electron chi connectivity index (χ4n) is 1.87. The van der Waals surface area contributed by atoms with E-state index in [2.05, 4.69) is 5.10 Å². The van der Waals surface area contributed by atoms with E-state index in [1.54, 1.807) is 0 Å². The van der Waals surface area contributed by atoms with Crippen LogP contribution in [0.15, 0.2) is 36.5 Å². The van der Waals surface area contributed by atoms with Gasteiger partial charge in [0, 0.05) is 37.2 Å². The molecule has 1 heterocycles. The maximum Gasteiger partial charge on any atom is 0.330 e. The van der Waals surface area contributed by atoms with Gasteiger partial charge in [0.2, 0.25) is 0 Å². The fourth-order valence-corrected chi connectivity index (χ4v) is 2.91. The Morgan fingerprint density at radius 3 is 2.60 bits per heavy atom. The van der Waals surface area contributed by atoms with Crippen LogP contribution in [0, 0.1) is 0 Å². The summed E-state index contributed by atoms with van der Waals surface area (Å²) in [5.41, 5.74) is 0.951. The van der Waals surface area contributed by atoms with Crippen LogP contribution in [-0.2, 0) is 20.2 Å². The molecule has 0 N–H and O–H groups in total. The van der Waals surface area contributed by atoms with Gasteiger partial charge in [-0.2, -0.15) is 0 Å². The van der Waals surface area contributed by atoms with Crippen molar-refractivity contribution in [3.63, 3.8) is 0 Å². The summed E-state index contributed by atoms with van der Waals surface area (Å²) in [6.07, 6.45) is 3.00. The van der Waals surface area contributed by atoms with E-state index >= 15 is 0 Å². The zero-order chi connectivity index (χ0) is 13.7. The highest BCUT2D eigenvalue weighted by Gasteiger charge is 2.21. The number of hydrogen-bond acceptors (Lipinski definition) is 4. The van der Waals surface area contributed by atoms with Gasteiger partial charge in [-0.3, -0.25) is 4.57 Å². The summed E-state index contributed by atoms with van der Waals surface area (Å²) < 4.78 is 23.5. The van der Waals surface area contributed by atoms with E-state index in [1.165, 1.54) is 14.2 Å². The molecular weight excluding hydrogens is 343 g/mol. The number of benzene rings is 1. The third kappa shape index (κ3) is 4.35. The van der Waals surface area contributed by atoms with Gasteiger partial charge in [0.05, 0.1) is 6.16 Å². The molecule has 5 nitrogen and oxygen atoms in total. The van der Waals surface area contributed by atoms with E-state index in [0.29, 0.717) is 19.1 Å². The Bertz CT molecular complexity index is 601. The summed E-state index contributed by atoms with van der Waals surface area (Å²) in [6, 6.07) is 9.97. The predicted molar refractivity (Wildman–Crippen MR) is 73.0 cm³/mol. The molecule has 7 heteroatoms. The van der Waals surface area contributed by atoms with Gasteiger partial charge in [-0.15, -0.1) is 0 Å². The van der Waals surface area contributed by atoms with Crippen LogP contribution in [0.25, 0.3) is 10.9 Å². The number of fused-ring (bicyclic) bond motifs is 1. The minimum Gasteiger partial charge on any atom is -1.00 e. The zero-order valence-corrected chi connectivity index (χ0v) is 14.0. The van der Waals surface area contributed by atoms with Crippen LogP contribution in [0.5, 0.6) is 0 Å². The summed E-state index contributed by atoms with van der Waals surface area (Å²) in [4.78, 5) is 0. The third-order valence-corrected chi connectivity index (χ3v) is 4.95. The highest BCUT2D eigenvalue weighted by molar-refractivity contribution is 7.53. The Balaban J connectivity index is 0.00000200. The first-order chi connectivity index (χ1) is 9.17. The monoisotopic (exact) mass is 360 g/mol. The van der Waals surface area contributed by atoms with Crippen LogP contribution in [0.2, 0.25) is 0 Å². The number of aryl methyl sites for hydroxylation is 1. The lowest BCUT2D eigenvalue weighted by molar-refractivity contribution is -0.751.